The summed E-state index contributed by atoms with van der Waals surface area (Å²) in [5.74, 6) is 0.0152. The molecule has 6 aromatic carbocycles. The Hall–Kier alpha value is -6.78. The molecule has 0 bridgehead atoms. The summed E-state index contributed by atoms with van der Waals surface area (Å²) in [7, 11) is -7.08. The van der Waals surface area contributed by atoms with Gasteiger partial charge in [0, 0.05) is 149 Å². The monoisotopic (exact) mass is 1640 g/mol. The predicted octanol–water partition coefficient (Wildman–Crippen LogP) is 13.7. The fourth-order valence-corrected chi connectivity index (χ4v) is 20.0. The average molecular weight is 1640 g/mol. The van der Waals surface area contributed by atoms with Gasteiger partial charge in [0.05, 0.1) is 55.5 Å². The van der Waals surface area contributed by atoms with Gasteiger partial charge in [0.2, 0.25) is 30.1 Å². The topological polar surface area (TPSA) is 213 Å². The molecule has 3 saturated heterocycles. The molecule has 3 aliphatic heterocycles. The minimum Gasteiger partial charge on any atom is -0.495 e. The van der Waals surface area contributed by atoms with Crippen molar-refractivity contribution >= 4 is 70.3 Å². The van der Waals surface area contributed by atoms with Gasteiger partial charge in [-0.3, -0.25) is 14.7 Å². The van der Waals surface area contributed by atoms with Gasteiger partial charge in [-0.1, -0.05) is 23.2 Å². The zero-order chi connectivity index (χ0) is 79.2. The van der Waals surface area contributed by atoms with Crippen molar-refractivity contribution in [1.82, 2.24) is 28.9 Å². The Labute approximate surface area is 652 Å². The molecule has 0 aromatic heterocycles. The van der Waals surface area contributed by atoms with E-state index in [4.69, 9.17) is 51.6 Å². The number of hydrogen-bond acceptors (Lipinski definition) is 18. The zero-order valence-electron chi connectivity index (χ0n) is 62.9. The molecule has 0 unspecified atom stereocenters. The fourth-order valence-electron chi connectivity index (χ4n) is 15.3. The molecule has 12 rings (SSSR count). The van der Waals surface area contributed by atoms with Crippen LogP contribution in [-0.2, 0) is 30.1 Å². The Kier molecular flexibility index (Phi) is 29.9. The molecule has 0 atom stereocenters. The molecule has 21 nitrogen and oxygen atoms in total. The normalized spacial score (nSPS) is 21.5. The SMILES string of the molecule is CC(C)Oc1cc(F)ccc1N1CCN(C2CCC(NS(=O)(=O)c3cc(Cl)ccc3F)CC2)CC1.COc1ccc(Cl)cc1S(=O)(=O)NC1CCC(N2CCN(c3ccc(F)cc3OC(C)C)CC2)CC1.COc1ccc(S(=O)(=O)NC2CCC(N3CCN(c4ccc(F)cc4OCC(F)(F)F)CC3)CC2)cc1OC. The minimum atomic E-state index is -4.52. The Bertz CT molecular complexity index is 4390. The van der Waals surface area contributed by atoms with Crippen LogP contribution in [0.5, 0.6) is 34.5 Å². The zero-order valence-corrected chi connectivity index (χ0v) is 66.9. The van der Waals surface area contributed by atoms with Crippen LogP contribution in [0.3, 0.4) is 0 Å². The lowest BCUT2D eigenvalue weighted by Gasteiger charge is -2.43. The number of nitrogens with one attached hydrogen (secondary N) is 3. The summed E-state index contributed by atoms with van der Waals surface area (Å²) in [4.78, 5) is 13.4. The van der Waals surface area contributed by atoms with E-state index in [1.54, 1.807) is 30.3 Å². The molecule has 0 spiro atoms. The maximum atomic E-state index is 14.1. The van der Waals surface area contributed by atoms with Gasteiger partial charge < -0.3 is 43.1 Å². The quantitative estimate of drug-likeness (QED) is 0.0481. The maximum Gasteiger partial charge on any atom is 0.422 e. The first-order valence-corrected chi connectivity index (χ1v) is 42.4. The van der Waals surface area contributed by atoms with E-state index in [1.165, 1.54) is 82.0 Å². The van der Waals surface area contributed by atoms with E-state index in [2.05, 4.69) is 38.7 Å². The molecule has 33 heteroatoms. The molecule has 6 aromatic rings. The highest BCUT2D eigenvalue weighted by Crippen LogP contribution is 2.39. The van der Waals surface area contributed by atoms with E-state index in [0.29, 0.717) is 97.7 Å². The summed E-state index contributed by atoms with van der Waals surface area (Å²) < 4.78 is 211. The molecule has 0 radical (unpaired) electrons. The number of anilines is 3. The molecule has 3 saturated carbocycles. The third-order valence-corrected chi connectivity index (χ3v) is 25.8. The summed E-state index contributed by atoms with van der Waals surface area (Å²) in [5, 5.41) is 0.528. The van der Waals surface area contributed by atoms with E-state index in [-0.39, 0.29) is 74.3 Å². The molecule has 0 amide bonds. The van der Waals surface area contributed by atoms with Crippen molar-refractivity contribution in [1.29, 1.82) is 0 Å². The second-order valence-electron chi connectivity index (χ2n) is 28.9. The van der Waals surface area contributed by atoms with Crippen molar-refractivity contribution in [3.63, 3.8) is 0 Å². The number of ether oxygens (including phenoxy) is 6. The average Bonchev–Trinajstić information content (AvgIpc) is 0.813. The third-order valence-electron chi connectivity index (χ3n) is 20.7. The van der Waals surface area contributed by atoms with Gasteiger partial charge in [-0.15, -0.1) is 0 Å². The van der Waals surface area contributed by atoms with Crippen molar-refractivity contribution in [2.45, 2.75) is 174 Å². The van der Waals surface area contributed by atoms with E-state index in [9.17, 15) is 56.0 Å². The second-order valence-corrected chi connectivity index (χ2v) is 34.9. The fraction of sp³-hybridized carbons (Fsp3) is 0.532. The highest BCUT2D eigenvalue weighted by Gasteiger charge is 2.37. The van der Waals surface area contributed by atoms with Crippen LogP contribution in [0, 0.1) is 23.3 Å². The summed E-state index contributed by atoms with van der Waals surface area (Å²) in [5.41, 5.74) is 2.28. The van der Waals surface area contributed by atoms with Crippen LogP contribution in [0.25, 0.3) is 0 Å². The van der Waals surface area contributed by atoms with E-state index in [0.717, 1.165) is 133 Å². The smallest absolute Gasteiger partial charge is 0.422 e. The highest BCUT2D eigenvalue weighted by atomic mass is 35.5. The van der Waals surface area contributed by atoms with Crippen LogP contribution in [0.2, 0.25) is 10.0 Å². The lowest BCUT2D eigenvalue weighted by Crippen LogP contribution is -2.52. The van der Waals surface area contributed by atoms with Gasteiger partial charge in [0.15, 0.2) is 18.1 Å². The number of hydrogen-bond donors (Lipinski definition) is 3. The van der Waals surface area contributed by atoms with Crippen LogP contribution in [-0.4, -0.2) is 201 Å². The lowest BCUT2D eigenvalue weighted by molar-refractivity contribution is -0.153. The van der Waals surface area contributed by atoms with Gasteiger partial charge in [-0.25, -0.2) is 57.0 Å². The number of benzene rings is 6. The lowest BCUT2D eigenvalue weighted by atomic mass is 9.90. The van der Waals surface area contributed by atoms with Gasteiger partial charge in [0.25, 0.3) is 0 Å². The first kappa shape index (κ1) is 85.6. The summed E-state index contributed by atoms with van der Waals surface area (Å²) in [6, 6.07) is 26.2. The predicted molar refractivity (Wildman–Crippen MR) is 412 cm³/mol. The van der Waals surface area contributed by atoms with E-state index in [1.807, 2.05) is 32.6 Å². The largest absolute Gasteiger partial charge is 0.495 e. The van der Waals surface area contributed by atoms with Crippen molar-refractivity contribution in [2.75, 3.05) is 121 Å². The molecule has 3 N–H and O–H groups in total. The van der Waals surface area contributed by atoms with Crippen LogP contribution in [0.1, 0.15) is 105 Å². The Balaban J connectivity index is 0.000000176. The first-order valence-electron chi connectivity index (χ1n) is 37.2. The van der Waals surface area contributed by atoms with Gasteiger partial charge in [-0.05, 0) is 190 Å². The second kappa shape index (κ2) is 38.4. The van der Waals surface area contributed by atoms with Crippen molar-refractivity contribution in [3.05, 3.63) is 143 Å². The molecular weight excluding hydrogens is 1540 g/mol. The first-order chi connectivity index (χ1) is 52.3. The van der Waals surface area contributed by atoms with E-state index >= 15 is 0 Å². The van der Waals surface area contributed by atoms with Crippen molar-refractivity contribution < 1.29 is 84.4 Å². The van der Waals surface area contributed by atoms with Crippen molar-refractivity contribution in [3.8, 4) is 34.5 Å². The molecular formula is C77H100Cl2F7N9O12S3. The number of alkyl halides is 3. The van der Waals surface area contributed by atoms with Gasteiger partial charge >= 0.3 is 6.18 Å². The highest BCUT2D eigenvalue weighted by molar-refractivity contribution is 7.90. The van der Waals surface area contributed by atoms with Gasteiger partial charge in [-0.2, -0.15) is 13.2 Å². The summed E-state index contributed by atoms with van der Waals surface area (Å²) in [6.07, 6.45) is 4.93. The molecule has 3 heterocycles. The maximum absolute atomic E-state index is 14.1. The third kappa shape index (κ3) is 23.4. The van der Waals surface area contributed by atoms with Crippen LogP contribution in [0.15, 0.2) is 124 Å². The Morgan fingerprint density at radius 1 is 0.400 bits per heavy atom. The minimum absolute atomic E-state index is 0.0283. The number of rotatable bonds is 24. The van der Waals surface area contributed by atoms with Crippen LogP contribution < -0.4 is 57.3 Å². The number of piperazine rings is 3. The Morgan fingerprint density at radius 3 is 1.13 bits per heavy atom. The van der Waals surface area contributed by atoms with Crippen molar-refractivity contribution in [2.24, 2.45) is 0 Å². The van der Waals surface area contributed by atoms with Crippen LogP contribution >= 0.6 is 23.2 Å². The molecule has 3 aliphatic carbocycles. The standard InChI is InChI=1S/C26H35ClFN3O4S.C26H33F4N3O5S.C25H32ClF2N3O3S/c1-18(2)35-25-17-20(28)5-10-23(25)31-14-12-30(13-15-31)22-8-6-21(7-9-22)29-36(32,33)26-16-19(27)4-11-24(26)34-3;1-36-23-10-8-21(16-25(23)37-2)39(34,35)31-19-4-6-20(7-5-19)32-11-13-33(14-12-32)22-9-3-18(27)15-24(22)38-17-26(28,29)30;1-17(2)34-24-16-19(27)4-10-23(24)31-13-11-30(12-14-31)21-7-5-20(6-8-21)29-35(32,33)25-15-18(26)3-9-22(25)28/h4-5,10-11,16-18,21-22,29H,6-9,12-15H2,1-3H3;3,8-10,15-16,19-20,31H,4-7,11-14,17H2,1-2H3;3-4,9-10,15-17,20-21,29H,5-8,11-14H2,1-2H3. The number of nitrogens with zero attached hydrogens (tertiary/aromatic N) is 6. The van der Waals surface area contributed by atoms with Crippen LogP contribution in [0.4, 0.5) is 47.8 Å². The summed E-state index contributed by atoms with van der Waals surface area (Å²) >= 11 is 11.9. The molecule has 110 heavy (non-hydrogen) atoms. The number of methoxy groups -OCH3 is 3. The van der Waals surface area contributed by atoms with Gasteiger partial charge in [0.1, 0.15) is 56.1 Å². The molecule has 6 aliphatic rings. The Morgan fingerprint density at radius 2 is 0.745 bits per heavy atom. The number of sulfonamides is 3. The van der Waals surface area contributed by atoms with E-state index < -0.39 is 59.4 Å². The summed E-state index contributed by atoms with van der Waals surface area (Å²) in [6.45, 7) is 15.5. The molecule has 606 valence electrons. The molecule has 6 fully saturated rings. The number of halogens is 9.